The molecule has 5 nitrogen and oxygen atoms in total. The van der Waals surface area contributed by atoms with Crippen LogP contribution in [-0.2, 0) is 4.79 Å². The second-order valence-electron chi connectivity index (χ2n) is 5.60. The molecule has 0 aromatic heterocycles. The maximum atomic E-state index is 11.0. The highest BCUT2D eigenvalue weighted by atomic mass is 16.4. The van der Waals surface area contributed by atoms with E-state index in [1.165, 1.54) is 49.8 Å². The summed E-state index contributed by atoms with van der Waals surface area (Å²) in [6.45, 7) is 2.55. The fourth-order valence-corrected chi connectivity index (χ4v) is 2.44. The molecule has 1 atom stereocenters. The van der Waals surface area contributed by atoms with E-state index in [0.717, 1.165) is 12.8 Å². The number of unbranched alkanes of at least 4 members (excludes halogenated alkanes) is 7. The van der Waals surface area contributed by atoms with Crippen molar-refractivity contribution < 1.29 is 14.7 Å². The summed E-state index contributed by atoms with van der Waals surface area (Å²) in [6.07, 6.45) is 10.7. The summed E-state index contributed by atoms with van der Waals surface area (Å²) in [5.41, 5.74) is 0. The van der Waals surface area contributed by atoms with Crippen molar-refractivity contribution in [3.63, 3.8) is 0 Å². The fraction of sp³-hybridized carbons (Fsp3) is 0.875. The molecule has 2 N–H and O–H groups in total. The number of carbonyl (C=O) groups is 2. The van der Waals surface area contributed by atoms with E-state index >= 15 is 0 Å². The third-order valence-corrected chi connectivity index (χ3v) is 3.82. The Bertz CT molecular complexity index is 272. The van der Waals surface area contributed by atoms with Gasteiger partial charge in [0.25, 0.3) is 0 Å². The Balaban J connectivity index is 3.73. The van der Waals surface area contributed by atoms with Crippen molar-refractivity contribution in [2.45, 2.75) is 70.8 Å². The maximum Gasteiger partial charge on any atom is 0.407 e. The lowest BCUT2D eigenvalue weighted by atomic mass is 10.0. The second-order valence-corrected chi connectivity index (χ2v) is 5.60. The number of hydrogen-bond acceptors (Lipinski definition) is 3. The Morgan fingerprint density at radius 1 is 1.14 bits per heavy atom. The Labute approximate surface area is 129 Å². The van der Waals surface area contributed by atoms with E-state index in [1.54, 1.807) is 0 Å². The van der Waals surface area contributed by atoms with Crippen molar-refractivity contribution >= 4 is 12.4 Å². The van der Waals surface area contributed by atoms with Gasteiger partial charge in [-0.2, -0.15) is 0 Å². The Hall–Kier alpha value is -1.10. The van der Waals surface area contributed by atoms with Gasteiger partial charge in [-0.15, -0.1) is 0 Å². The lowest BCUT2D eigenvalue weighted by molar-refractivity contribution is -0.108. The van der Waals surface area contributed by atoms with E-state index in [0.29, 0.717) is 12.8 Å². The van der Waals surface area contributed by atoms with E-state index in [4.69, 9.17) is 5.11 Å². The number of hydrogen-bond donors (Lipinski definition) is 2. The van der Waals surface area contributed by atoms with Gasteiger partial charge in [0.2, 0.25) is 0 Å². The Kier molecular flexibility index (Phi) is 13.1. The van der Waals surface area contributed by atoms with Crippen molar-refractivity contribution in [3.05, 3.63) is 0 Å². The number of carbonyl (C=O) groups excluding carboxylic acids is 1. The lowest BCUT2D eigenvalue weighted by Gasteiger charge is -2.23. The smallest absolute Gasteiger partial charge is 0.407 e. The molecule has 0 aromatic carbocycles. The van der Waals surface area contributed by atoms with Gasteiger partial charge in [-0.1, -0.05) is 58.3 Å². The van der Waals surface area contributed by atoms with Crippen LogP contribution in [0.4, 0.5) is 4.79 Å². The van der Waals surface area contributed by atoms with Crippen LogP contribution in [-0.4, -0.2) is 48.6 Å². The SMILES string of the molecule is CCCCCCCCCCC(CN(CC=O)C(=O)O)NC. The van der Waals surface area contributed by atoms with Crippen LogP contribution in [0.15, 0.2) is 0 Å². The van der Waals surface area contributed by atoms with Gasteiger partial charge in [-0.25, -0.2) is 4.79 Å². The highest BCUT2D eigenvalue weighted by Gasteiger charge is 2.16. The fourth-order valence-electron chi connectivity index (χ4n) is 2.44. The van der Waals surface area contributed by atoms with Gasteiger partial charge < -0.3 is 15.2 Å². The van der Waals surface area contributed by atoms with Gasteiger partial charge in [-0.05, 0) is 13.5 Å². The molecule has 0 aliphatic heterocycles. The van der Waals surface area contributed by atoms with E-state index in [9.17, 15) is 9.59 Å². The van der Waals surface area contributed by atoms with Gasteiger partial charge in [0.05, 0.1) is 6.54 Å². The zero-order valence-electron chi connectivity index (χ0n) is 13.6. The van der Waals surface area contributed by atoms with Crippen LogP contribution >= 0.6 is 0 Å². The third-order valence-electron chi connectivity index (χ3n) is 3.82. The van der Waals surface area contributed by atoms with E-state index in [-0.39, 0.29) is 12.6 Å². The topological polar surface area (TPSA) is 69.6 Å². The molecule has 0 aliphatic rings. The summed E-state index contributed by atoms with van der Waals surface area (Å²) in [5.74, 6) is 0. The van der Waals surface area contributed by atoms with Crippen molar-refractivity contribution in [1.82, 2.24) is 10.2 Å². The molecule has 0 fully saturated rings. The molecule has 124 valence electrons. The first-order valence-corrected chi connectivity index (χ1v) is 8.24. The van der Waals surface area contributed by atoms with Crippen LogP contribution < -0.4 is 5.32 Å². The Morgan fingerprint density at radius 3 is 2.19 bits per heavy atom. The third kappa shape index (κ3) is 11.3. The molecule has 0 aliphatic carbocycles. The average Bonchev–Trinajstić information content (AvgIpc) is 2.47. The standard InChI is InChI=1S/C16H32N2O3/c1-3-4-5-6-7-8-9-10-11-15(17-2)14-18(12-13-19)16(20)21/h13,15,17H,3-12,14H2,1-2H3,(H,20,21). The van der Waals surface area contributed by atoms with Gasteiger partial charge in [0, 0.05) is 12.6 Å². The van der Waals surface area contributed by atoms with Crippen molar-refractivity contribution in [2.24, 2.45) is 0 Å². The zero-order chi connectivity index (χ0) is 15.9. The van der Waals surface area contributed by atoms with Crippen LogP contribution in [0.1, 0.15) is 64.7 Å². The predicted molar refractivity (Wildman–Crippen MR) is 85.7 cm³/mol. The van der Waals surface area contributed by atoms with Gasteiger partial charge in [0.15, 0.2) is 0 Å². The van der Waals surface area contributed by atoms with E-state index < -0.39 is 6.09 Å². The Morgan fingerprint density at radius 2 is 1.71 bits per heavy atom. The minimum absolute atomic E-state index is 0.0507. The zero-order valence-corrected chi connectivity index (χ0v) is 13.6. The number of amides is 1. The summed E-state index contributed by atoms with van der Waals surface area (Å²) in [7, 11) is 1.84. The number of aldehydes is 1. The number of nitrogens with zero attached hydrogens (tertiary/aromatic N) is 1. The maximum absolute atomic E-state index is 11.0. The van der Waals surface area contributed by atoms with Gasteiger partial charge >= 0.3 is 6.09 Å². The van der Waals surface area contributed by atoms with E-state index in [1.807, 2.05) is 7.05 Å². The second kappa shape index (κ2) is 13.9. The first kappa shape index (κ1) is 19.9. The van der Waals surface area contributed by atoms with E-state index in [2.05, 4.69) is 12.2 Å². The quantitative estimate of drug-likeness (QED) is 0.381. The lowest BCUT2D eigenvalue weighted by Crippen LogP contribution is -2.42. The number of nitrogens with one attached hydrogen (secondary N) is 1. The molecule has 0 bridgehead atoms. The highest BCUT2D eigenvalue weighted by molar-refractivity contribution is 5.69. The molecule has 0 radical (unpaired) electrons. The molecule has 0 rings (SSSR count). The number of likely N-dealkylation sites (N-methyl/N-ethyl adjacent to an activating group) is 1. The van der Waals surface area contributed by atoms with Crippen molar-refractivity contribution in [2.75, 3.05) is 20.1 Å². The number of carboxylic acid groups (broad SMARTS) is 1. The summed E-state index contributed by atoms with van der Waals surface area (Å²) in [6, 6.07) is 0.126. The molecule has 21 heavy (non-hydrogen) atoms. The summed E-state index contributed by atoms with van der Waals surface area (Å²) in [5, 5.41) is 12.1. The molecule has 0 spiro atoms. The molecule has 0 heterocycles. The minimum atomic E-state index is -1.03. The largest absolute Gasteiger partial charge is 0.465 e. The minimum Gasteiger partial charge on any atom is -0.465 e. The predicted octanol–water partition coefficient (Wildman–Crippen LogP) is 3.28. The van der Waals surface area contributed by atoms with Crippen LogP contribution in [0.25, 0.3) is 0 Å². The molecular formula is C16H32N2O3. The van der Waals surface area contributed by atoms with Crippen LogP contribution in [0.2, 0.25) is 0 Å². The number of rotatable bonds is 14. The normalized spacial score (nSPS) is 12.1. The molecular weight excluding hydrogens is 268 g/mol. The van der Waals surface area contributed by atoms with Gasteiger partial charge in [-0.3, -0.25) is 4.90 Å². The molecule has 0 aromatic rings. The molecule has 1 amide bonds. The summed E-state index contributed by atoms with van der Waals surface area (Å²) < 4.78 is 0. The van der Waals surface area contributed by atoms with Crippen molar-refractivity contribution in [1.29, 1.82) is 0 Å². The summed E-state index contributed by atoms with van der Waals surface area (Å²) >= 11 is 0. The first-order valence-electron chi connectivity index (χ1n) is 8.24. The highest BCUT2D eigenvalue weighted by Crippen LogP contribution is 2.11. The molecule has 5 heteroatoms. The first-order chi connectivity index (χ1) is 10.2. The molecule has 0 saturated heterocycles. The van der Waals surface area contributed by atoms with Gasteiger partial charge in [0.1, 0.15) is 6.29 Å². The molecule has 0 saturated carbocycles. The summed E-state index contributed by atoms with van der Waals surface area (Å²) in [4.78, 5) is 22.6. The van der Waals surface area contributed by atoms with Crippen LogP contribution in [0.5, 0.6) is 0 Å². The van der Waals surface area contributed by atoms with Crippen molar-refractivity contribution in [3.8, 4) is 0 Å². The monoisotopic (exact) mass is 300 g/mol. The molecule has 1 unspecified atom stereocenters. The average molecular weight is 300 g/mol. The van der Waals surface area contributed by atoms with Crippen LogP contribution in [0, 0.1) is 0 Å². The van der Waals surface area contributed by atoms with Crippen LogP contribution in [0.3, 0.4) is 0 Å².